The van der Waals surface area contributed by atoms with E-state index in [1.165, 1.54) is 17.0 Å². The van der Waals surface area contributed by atoms with E-state index in [0.717, 1.165) is 12.8 Å². The number of aryl methyl sites for hydroxylation is 1. The Hall–Kier alpha value is -1.70. The lowest BCUT2D eigenvalue weighted by atomic mass is 10.1. The number of carbonyl (C=O) groups excluding carboxylic acids is 1. The fraction of sp³-hybridized carbons (Fsp3) is 0.312. The number of thiophene rings is 1. The molecule has 0 bridgehead atoms. The van der Waals surface area contributed by atoms with Crippen LogP contribution >= 0.6 is 11.3 Å². The third-order valence-electron chi connectivity index (χ3n) is 3.47. The summed E-state index contributed by atoms with van der Waals surface area (Å²) in [4.78, 5) is 13.3. The molecule has 23 heavy (non-hydrogen) atoms. The second-order valence-electron chi connectivity index (χ2n) is 5.34. The Morgan fingerprint density at radius 1 is 1.30 bits per heavy atom. The standard InChI is InChI=1S/C16H20N2O3S2/c1-12(13-5-2-8-15(11-13)23(17,20)21)18-16(19)9-3-6-14-7-4-10-22-14/h2,4-5,7-8,10-12H,3,6,9H2,1H3,(H,18,19)(H2,17,20,21). The van der Waals surface area contributed by atoms with Crippen molar-refractivity contribution < 1.29 is 13.2 Å². The first-order valence-corrected chi connectivity index (χ1v) is 9.73. The van der Waals surface area contributed by atoms with Crippen LogP contribution in [0.3, 0.4) is 0 Å². The van der Waals surface area contributed by atoms with Gasteiger partial charge < -0.3 is 5.32 Å². The summed E-state index contributed by atoms with van der Waals surface area (Å²) in [6, 6.07) is 10.1. The number of hydrogen-bond donors (Lipinski definition) is 2. The maximum Gasteiger partial charge on any atom is 0.238 e. The SMILES string of the molecule is CC(NC(=O)CCCc1cccs1)c1cccc(S(N)(=O)=O)c1. The van der Waals surface area contributed by atoms with Crippen molar-refractivity contribution in [3.63, 3.8) is 0 Å². The highest BCUT2D eigenvalue weighted by Gasteiger charge is 2.13. The van der Waals surface area contributed by atoms with Crippen LogP contribution in [0.4, 0.5) is 0 Å². The van der Waals surface area contributed by atoms with Crippen molar-refractivity contribution in [2.75, 3.05) is 0 Å². The Labute approximate surface area is 140 Å². The van der Waals surface area contributed by atoms with Crippen LogP contribution in [0.15, 0.2) is 46.7 Å². The van der Waals surface area contributed by atoms with Crippen LogP contribution in [0.2, 0.25) is 0 Å². The Bertz CT molecular complexity index is 755. The number of nitrogens with one attached hydrogen (secondary N) is 1. The molecule has 3 N–H and O–H groups in total. The van der Waals surface area contributed by atoms with Crippen LogP contribution in [-0.2, 0) is 21.2 Å². The zero-order valence-corrected chi connectivity index (χ0v) is 14.5. The normalized spacial score (nSPS) is 12.8. The lowest BCUT2D eigenvalue weighted by Gasteiger charge is -2.15. The van der Waals surface area contributed by atoms with Gasteiger partial charge in [0.05, 0.1) is 10.9 Å². The van der Waals surface area contributed by atoms with Gasteiger partial charge in [0.1, 0.15) is 0 Å². The second-order valence-corrected chi connectivity index (χ2v) is 7.93. The average Bonchev–Trinajstić information content (AvgIpc) is 2.99. The van der Waals surface area contributed by atoms with E-state index in [0.29, 0.717) is 12.0 Å². The molecule has 1 heterocycles. The van der Waals surface area contributed by atoms with Crippen LogP contribution in [0.5, 0.6) is 0 Å². The Balaban J connectivity index is 1.88. The number of sulfonamides is 1. The quantitative estimate of drug-likeness (QED) is 0.802. The van der Waals surface area contributed by atoms with Crippen molar-refractivity contribution in [2.45, 2.75) is 37.1 Å². The van der Waals surface area contributed by atoms with Gasteiger partial charge in [-0.15, -0.1) is 11.3 Å². The van der Waals surface area contributed by atoms with Gasteiger partial charge in [-0.25, -0.2) is 13.6 Å². The molecule has 5 nitrogen and oxygen atoms in total. The maximum atomic E-state index is 12.0. The van der Waals surface area contributed by atoms with Gasteiger partial charge in [0.15, 0.2) is 0 Å². The van der Waals surface area contributed by atoms with Gasteiger partial charge in [0.2, 0.25) is 15.9 Å². The van der Waals surface area contributed by atoms with Crippen molar-refractivity contribution in [3.8, 4) is 0 Å². The fourth-order valence-electron chi connectivity index (χ4n) is 2.24. The van der Waals surface area contributed by atoms with E-state index in [1.54, 1.807) is 23.5 Å². The number of benzene rings is 1. The molecule has 0 radical (unpaired) electrons. The molecular formula is C16H20N2O3S2. The molecule has 0 aliphatic heterocycles. The van der Waals surface area contributed by atoms with Gasteiger partial charge in [0, 0.05) is 11.3 Å². The molecule has 0 fully saturated rings. The highest BCUT2D eigenvalue weighted by molar-refractivity contribution is 7.89. The third kappa shape index (κ3) is 5.46. The highest BCUT2D eigenvalue weighted by Crippen LogP contribution is 2.17. The summed E-state index contributed by atoms with van der Waals surface area (Å²) < 4.78 is 22.8. The summed E-state index contributed by atoms with van der Waals surface area (Å²) in [6.45, 7) is 1.82. The van der Waals surface area contributed by atoms with Gasteiger partial charge in [-0.2, -0.15) is 0 Å². The van der Waals surface area contributed by atoms with Crippen molar-refractivity contribution >= 4 is 27.3 Å². The molecule has 1 aromatic carbocycles. The van der Waals surface area contributed by atoms with E-state index in [4.69, 9.17) is 5.14 Å². The number of nitrogens with two attached hydrogens (primary N) is 1. The van der Waals surface area contributed by atoms with Crippen LogP contribution in [0.1, 0.15) is 36.2 Å². The fourth-order valence-corrected chi connectivity index (χ4v) is 3.56. The molecule has 7 heteroatoms. The van der Waals surface area contributed by atoms with Crippen molar-refractivity contribution in [1.82, 2.24) is 5.32 Å². The Morgan fingerprint density at radius 2 is 2.09 bits per heavy atom. The largest absolute Gasteiger partial charge is 0.350 e. The minimum atomic E-state index is -3.74. The molecule has 2 aromatic rings. The molecule has 0 saturated heterocycles. The van der Waals surface area contributed by atoms with Crippen LogP contribution in [0, 0.1) is 0 Å². The van der Waals surface area contributed by atoms with E-state index in [1.807, 2.05) is 18.4 Å². The van der Waals surface area contributed by atoms with E-state index in [9.17, 15) is 13.2 Å². The number of rotatable bonds is 7. The third-order valence-corrected chi connectivity index (χ3v) is 5.32. The van der Waals surface area contributed by atoms with Crippen molar-refractivity contribution in [1.29, 1.82) is 0 Å². The second kappa shape index (κ2) is 7.72. The molecule has 1 amide bonds. The topological polar surface area (TPSA) is 89.3 Å². The number of hydrogen-bond acceptors (Lipinski definition) is 4. The summed E-state index contributed by atoms with van der Waals surface area (Å²) in [6.07, 6.45) is 2.12. The van der Waals surface area contributed by atoms with Crippen LogP contribution < -0.4 is 10.5 Å². The Kier molecular flexibility index (Phi) is 5.92. The van der Waals surface area contributed by atoms with Gasteiger partial charge in [-0.1, -0.05) is 18.2 Å². The first kappa shape index (κ1) is 17.7. The lowest BCUT2D eigenvalue weighted by molar-refractivity contribution is -0.121. The summed E-state index contributed by atoms with van der Waals surface area (Å²) in [5.41, 5.74) is 0.711. The molecular weight excluding hydrogens is 332 g/mol. The summed E-state index contributed by atoms with van der Waals surface area (Å²) >= 11 is 1.69. The van der Waals surface area contributed by atoms with E-state index >= 15 is 0 Å². The first-order valence-electron chi connectivity index (χ1n) is 7.31. The van der Waals surface area contributed by atoms with Crippen LogP contribution in [0.25, 0.3) is 0 Å². The molecule has 0 aliphatic carbocycles. The molecule has 2 rings (SSSR count). The highest BCUT2D eigenvalue weighted by atomic mass is 32.2. The molecule has 1 unspecified atom stereocenters. The minimum absolute atomic E-state index is 0.0462. The van der Waals surface area contributed by atoms with E-state index < -0.39 is 10.0 Å². The summed E-state index contributed by atoms with van der Waals surface area (Å²) in [7, 11) is -3.74. The van der Waals surface area contributed by atoms with Crippen molar-refractivity contribution in [3.05, 3.63) is 52.2 Å². The average molecular weight is 352 g/mol. The molecule has 0 aliphatic rings. The van der Waals surface area contributed by atoms with Gasteiger partial charge in [-0.3, -0.25) is 4.79 Å². The summed E-state index contributed by atoms with van der Waals surface area (Å²) in [5, 5.41) is 10.0. The number of carbonyl (C=O) groups is 1. The smallest absolute Gasteiger partial charge is 0.238 e. The predicted molar refractivity (Wildman–Crippen MR) is 91.6 cm³/mol. The van der Waals surface area contributed by atoms with Gasteiger partial charge >= 0.3 is 0 Å². The minimum Gasteiger partial charge on any atom is -0.350 e. The monoisotopic (exact) mass is 352 g/mol. The van der Waals surface area contributed by atoms with Gasteiger partial charge in [0.25, 0.3) is 0 Å². The lowest BCUT2D eigenvalue weighted by Crippen LogP contribution is -2.26. The molecule has 1 aromatic heterocycles. The molecule has 0 spiro atoms. The van der Waals surface area contributed by atoms with E-state index in [2.05, 4.69) is 11.4 Å². The van der Waals surface area contributed by atoms with Gasteiger partial charge in [-0.05, 0) is 48.9 Å². The number of amides is 1. The Morgan fingerprint density at radius 3 is 2.74 bits per heavy atom. The number of primary sulfonamides is 1. The van der Waals surface area contributed by atoms with Crippen molar-refractivity contribution in [2.24, 2.45) is 5.14 Å². The first-order chi connectivity index (χ1) is 10.9. The zero-order chi connectivity index (χ0) is 16.9. The molecule has 124 valence electrons. The van der Waals surface area contributed by atoms with E-state index in [-0.39, 0.29) is 16.8 Å². The maximum absolute atomic E-state index is 12.0. The summed E-state index contributed by atoms with van der Waals surface area (Å²) in [5.74, 6) is -0.0462. The zero-order valence-electron chi connectivity index (χ0n) is 12.9. The molecule has 0 saturated carbocycles. The van der Waals surface area contributed by atoms with Crippen LogP contribution in [-0.4, -0.2) is 14.3 Å². The molecule has 1 atom stereocenters. The predicted octanol–water partition coefficient (Wildman–Crippen LogP) is 2.60.